The second kappa shape index (κ2) is 8.00. The van der Waals surface area contributed by atoms with Crippen LogP contribution >= 0.6 is 11.3 Å². The molecule has 0 bridgehead atoms. The number of para-hydroxylation sites is 1. The zero-order valence-electron chi connectivity index (χ0n) is 15.3. The van der Waals surface area contributed by atoms with E-state index in [-0.39, 0.29) is 10.5 Å². The Kier molecular flexibility index (Phi) is 5.43. The van der Waals surface area contributed by atoms with Crippen molar-refractivity contribution in [1.29, 1.82) is 5.26 Å². The average molecular weight is 428 g/mol. The van der Waals surface area contributed by atoms with Gasteiger partial charge in [0.2, 0.25) is 10.0 Å². The summed E-state index contributed by atoms with van der Waals surface area (Å²) in [4.78, 5) is 17.4. The SMILES string of the molecule is N#CC(C(=O)c1ccc(S(=O)(=O)N2CCOCC2)cc1)c1nc2ccccc2s1. The minimum atomic E-state index is -3.63. The van der Waals surface area contributed by atoms with E-state index in [2.05, 4.69) is 4.98 Å². The fraction of sp³-hybridized carbons (Fsp3) is 0.250. The third-order valence-corrected chi connectivity index (χ3v) is 7.71. The summed E-state index contributed by atoms with van der Waals surface area (Å²) in [5.74, 6) is -1.43. The van der Waals surface area contributed by atoms with E-state index in [1.54, 1.807) is 0 Å². The number of rotatable bonds is 5. The van der Waals surface area contributed by atoms with E-state index < -0.39 is 21.7 Å². The van der Waals surface area contributed by atoms with Crippen molar-refractivity contribution in [1.82, 2.24) is 9.29 Å². The molecule has 7 nitrogen and oxygen atoms in total. The zero-order valence-corrected chi connectivity index (χ0v) is 16.9. The second-order valence-electron chi connectivity index (χ2n) is 6.49. The molecule has 1 aromatic heterocycles. The third-order valence-electron chi connectivity index (χ3n) is 4.70. The minimum Gasteiger partial charge on any atom is -0.379 e. The van der Waals surface area contributed by atoms with Gasteiger partial charge < -0.3 is 4.74 Å². The highest BCUT2D eigenvalue weighted by molar-refractivity contribution is 7.89. The summed E-state index contributed by atoms with van der Waals surface area (Å²) in [7, 11) is -3.63. The van der Waals surface area contributed by atoms with Crippen LogP contribution in [0.4, 0.5) is 0 Å². The fourth-order valence-corrected chi connectivity index (χ4v) is 5.55. The highest BCUT2D eigenvalue weighted by atomic mass is 32.2. The molecule has 0 N–H and O–H groups in total. The van der Waals surface area contributed by atoms with Crippen LogP contribution in [0.3, 0.4) is 0 Å². The molecular formula is C20H17N3O4S2. The number of hydrogen-bond donors (Lipinski definition) is 0. The van der Waals surface area contributed by atoms with Crippen molar-refractivity contribution in [2.24, 2.45) is 0 Å². The van der Waals surface area contributed by atoms with E-state index in [0.717, 1.165) is 10.2 Å². The molecule has 1 aliphatic heterocycles. The Balaban J connectivity index is 1.59. The molecule has 0 amide bonds. The Morgan fingerprint density at radius 1 is 1.14 bits per heavy atom. The van der Waals surface area contributed by atoms with Crippen LogP contribution in [0.25, 0.3) is 10.2 Å². The van der Waals surface area contributed by atoms with E-state index in [1.807, 2.05) is 30.3 Å². The summed E-state index contributed by atoms with van der Waals surface area (Å²) in [5, 5.41) is 10.0. The van der Waals surface area contributed by atoms with Crippen molar-refractivity contribution >= 4 is 37.4 Å². The molecule has 3 aromatic rings. The van der Waals surface area contributed by atoms with Crippen LogP contribution in [0, 0.1) is 11.3 Å². The van der Waals surface area contributed by atoms with Gasteiger partial charge in [0.05, 0.1) is 34.4 Å². The number of fused-ring (bicyclic) bond motifs is 1. The molecule has 4 rings (SSSR count). The van der Waals surface area contributed by atoms with E-state index in [0.29, 0.717) is 31.3 Å². The maximum absolute atomic E-state index is 12.9. The number of benzene rings is 2. The molecule has 2 aromatic carbocycles. The monoisotopic (exact) mass is 427 g/mol. The average Bonchev–Trinajstić information content (AvgIpc) is 3.18. The number of carbonyl (C=O) groups excluding carboxylic acids is 1. The van der Waals surface area contributed by atoms with E-state index in [9.17, 15) is 18.5 Å². The lowest BCUT2D eigenvalue weighted by atomic mass is 9.99. The number of thiazole rings is 1. The minimum absolute atomic E-state index is 0.115. The lowest BCUT2D eigenvalue weighted by molar-refractivity contribution is 0.0730. The Morgan fingerprint density at radius 3 is 2.48 bits per heavy atom. The van der Waals surface area contributed by atoms with Crippen LogP contribution in [0.5, 0.6) is 0 Å². The molecule has 1 unspecified atom stereocenters. The van der Waals surface area contributed by atoms with Crippen LogP contribution in [-0.2, 0) is 14.8 Å². The maximum atomic E-state index is 12.9. The summed E-state index contributed by atoms with van der Waals surface area (Å²) >= 11 is 1.31. The molecule has 29 heavy (non-hydrogen) atoms. The summed E-state index contributed by atoms with van der Waals surface area (Å²) in [6.45, 7) is 1.33. The lowest BCUT2D eigenvalue weighted by Gasteiger charge is -2.26. The van der Waals surface area contributed by atoms with Crippen LogP contribution in [0.1, 0.15) is 21.3 Å². The summed E-state index contributed by atoms with van der Waals surface area (Å²) in [6, 6.07) is 15.2. The van der Waals surface area contributed by atoms with Gasteiger partial charge in [-0.05, 0) is 24.3 Å². The van der Waals surface area contributed by atoms with E-state index in [4.69, 9.17) is 4.74 Å². The van der Waals surface area contributed by atoms with Gasteiger partial charge in [0, 0.05) is 18.7 Å². The van der Waals surface area contributed by atoms with Gasteiger partial charge in [0.25, 0.3) is 0 Å². The van der Waals surface area contributed by atoms with Gasteiger partial charge >= 0.3 is 0 Å². The molecule has 1 aliphatic rings. The highest BCUT2D eigenvalue weighted by Crippen LogP contribution is 2.29. The molecule has 1 atom stereocenters. The van der Waals surface area contributed by atoms with Gasteiger partial charge in [-0.25, -0.2) is 13.4 Å². The number of carbonyl (C=O) groups is 1. The first kappa shape index (κ1) is 19.7. The first-order valence-corrected chi connectivity index (χ1v) is 11.2. The molecule has 0 aliphatic carbocycles. The van der Waals surface area contributed by atoms with Crippen LogP contribution in [0.15, 0.2) is 53.4 Å². The van der Waals surface area contributed by atoms with Gasteiger partial charge in [-0.1, -0.05) is 24.3 Å². The molecule has 0 saturated carbocycles. The molecule has 1 fully saturated rings. The molecule has 148 valence electrons. The lowest BCUT2D eigenvalue weighted by Crippen LogP contribution is -2.40. The van der Waals surface area contributed by atoms with Crippen molar-refractivity contribution in [3.63, 3.8) is 0 Å². The Hall–Kier alpha value is -2.64. The summed E-state index contributed by atoms with van der Waals surface area (Å²) in [5.41, 5.74) is 1.02. The number of nitrogens with zero attached hydrogens (tertiary/aromatic N) is 3. The van der Waals surface area contributed by atoms with Crippen LogP contribution in [0.2, 0.25) is 0 Å². The van der Waals surface area contributed by atoms with Gasteiger partial charge in [-0.2, -0.15) is 9.57 Å². The number of aromatic nitrogens is 1. The Morgan fingerprint density at radius 2 is 1.83 bits per heavy atom. The van der Waals surface area contributed by atoms with Crippen LogP contribution in [-0.4, -0.2) is 49.8 Å². The fourth-order valence-electron chi connectivity index (χ4n) is 3.13. The molecule has 9 heteroatoms. The number of ether oxygens (including phenoxy) is 1. The number of sulfonamides is 1. The number of hydrogen-bond acceptors (Lipinski definition) is 7. The first-order chi connectivity index (χ1) is 14.0. The van der Waals surface area contributed by atoms with Gasteiger partial charge in [0.15, 0.2) is 11.7 Å². The molecule has 2 heterocycles. The predicted molar refractivity (Wildman–Crippen MR) is 108 cm³/mol. The van der Waals surface area contributed by atoms with Crippen molar-refractivity contribution in [3.8, 4) is 6.07 Å². The van der Waals surface area contributed by atoms with Crippen molar-refractivity contribution in [2.45, 2.75) is 10.8 Å². The predicted octanol–water partition coefficient (Wildman–Crippen LogP) is 2.81. The van der Waals surface area contributed by atoms with Gasteiger partial charge in [-0.15, -0.1) is 11.3 Å². The number of ketones is 1. The number of morpholine rings is 1. The Labute approximate surface area is 172 Å². The third kappa shape index (κ3) is 3.80. The summed E-state index contributed by atoms with van der Waals surface area (Å²) < 4.78 is 32.9. The topological polar surface area (TPSA) is 100 Å². The largest absolute Gasteiger partial charge is 0.379 e. The second-order valence-corrected chi connectivity index (χ2v) is 9.49. The molecule has 0 spiro atoms. The Bertz CT molecular complexity index is 1160. The van der Waals surface area contributed by atoms with Crippen molar-refractivity contribution in [3.05, 3.63) is 59.1 Å². The van der Waals surface area contributed by atoms with E-state index >= 15 is 0 Å². The zero-order chi connectivity index (χ0) is 20.4. The normalized spacial score (nSPS) is 16.4. The highest BCUT2D eigenvalue weighted by Gasteiger charge is 2.28. The smallest absolute Gasteiger partial charge is 0.243 e. The first-order valence-electron chi connectivity index (χ1n) is 8.98. The van der Waals surface area contributed by atoms with E-state index in [1.165, 1.54) is 39.9 Å². The van der Waals surface area contributed by atoms with Gasteiger partial charge in [0.1, 0.15) is 5.01 Å². The van der Waals surface area contributed by atoms with Crippen molar-refractivity contribution in [2.75, 3.05) is 26.3 Å². The van der Waals surface area contributed by atoms with Gasteiger partial charge in [-0.3, -0.25) is 4.79 Å². The van der Waals surface area contributed by atoms with Crippen LogP contribution < -0.4 is 0 Å². The number of Topliss-reactive ketones (excluding diaryl/α,β-unsaturated/α-hetero) is 1. The number of nitriles is 1. The molecule has 0 radical (unpaired) electrons. The van der Waals surface area contributed by atoms with Crippen molar-refractivity contribution < 1.29 is 17.9 Å². The summed E-state index contributed by atoms with van der Waals surface area (Å²) in [6.07, 6.45) is 0. The maximum Gasteiger partial charge on any atom is 0.243 e. The quantitative estimate of drug-likeness (QED) is 0.581. The molecule has 1 saturated heterocycles. The standard InChI is InChI=1S/C20H17N3O4S2/c21-13-16(20-22-17-3-1-2-4-18(17)28-20)19(24)14-5-7-15(8-6-14)29(25,26)23-9-11-27-12-10-23/h1-8,16H,9-12H2. The molecular weight excluding hydrogens is 410 g/mol.